The van der Waals surface area contributed by atoms with Gasteiger partial charge in [-0.3, -0.25) is 10.3 Å². The molecule has 3 N–H and O–H groups in total. The number of rotatable bonds is 7. The molecule has 1 aromatic carbocycles. The highest BCUT2D eigenvalue weighted by Crippen LogP contribution is 2.35. The number of benzene rings is 1. The van der Waals surface area contributed by atoms with Gasteiger partial charge in [0.05, 0.1) is 24.7 Å². The van der Waals surface area contributed by atoms with E-state index in [0.29, 0.717) is 29.9 Å². The normalized spacial score (nSPS) is 14.0. The van der Waals surface area contributed by atoms with E-state index in [1.54, 1.807) is 25.6 Å². The van der Waals surface area contributed by atoms with Crippen LogP contribution in [0.2, 0.25) is 0 Å². The molecule has 1 atom stereocenters. The van der Waals surface area contributed by atoms with Crippen LogP contribution in [0, 0.1) is 11.8 Å². The van der Waals surface area contributed by atoms with E-state index in [1.165, 1.54) is 5.56 Å². The number of fused-ring (bicyclic) bond motifs is 2. The molecule has 3 heterocycles. The maximum Gasteiger partial charge on any atom is 0.137 e. The summed E-state index contributed by atoms with van der Waals surface area (Å²) < 4.78 is 5.40. The number of nitrogens with zero attached hydrogens (tertiary/aromatic N) is 3. The first-order valence-corrected chi connectivity index (χ1v) is 11.1. The van der Waals surface area contributed by atoms with Crippen molar-refractivity contribution in [1.82, 2.24) is 25.5 Å². The lowest BCUT2D eigenvalue weighted by atomic mass is 9.94. The zero-order chi connectivity index (χ0) is 25.2. The van der Waals surface area contributed by atoms with Gasteiger partial charge in [-0.15, -0.1) is 0 Å². The molecule has 0 fully saturated rings. The molecule has 0 saturated heterocycles. The standard InChI is InChI=1S/C28H29N5O2/c1-18-25-13-24(35-6)9-7-23(25)16-33(18)17-28(30-5,20(3)29-4)12-11-22-15-31-14-21-8-10-26(19(2)34)32-27(21)22/h7-10,13-15,29-30,34H,1-3,16-17H2,4-6H3/t28-/m1/s1. The van der Waals surface area contributed by atoms with Crippen LogP contribution in [0.25, 0.3) is 22.4 Å². The molecule has 1 aliphatic rings. The van der Waals surface area contributed by atoms with E-state index in [1.807, 2.05) is 32.3 Å². The Morgan fingerprint density at radius 3 is 2.71 bits per heavy atom. The Kier molecular flexibility index (Phi) is 6.50. The fourth-order valence-corrected chi connectivity index (χ4v) is 4.18. The molecule has 0 unspecified atom stereocenters. The first-order valence-electron chi connectivity index (χ1n) is 11.1. The number of aliphatic hydroxyl groups excluding tert-OH is 1. The van der Waals surface area contributed by atoms with E-state index in [-0.39, 0.29) is 5.76 Å². The molecule has 178 valence electrons. The van der Waals surface area contributed by atoms with Gasteiger partial charge in [0, 0.05) is 48.3 Å². The fraction of sp³-hybridized carbons (Fsp3) is 0.214. The average molecular weight is 468 g/mol. The Hall–Kier alpha value is -4.28. The van der Waals surface area contributed by atoms with Crippen molar-refractivity contribution in [2.24, 2.45) is 0 Å². The second-order valence-corrected chi connectivity index (χ2v) is 8.36. The van der Waals surface area contributed by atoms with Crippen LogP contribution in [-0.2, 0) is 6.54 Å². The van der Waals surface area contributed by atoms with Gasteiger partial charge in [-0.05, 0) is 36.9 Å². The first kappa shape index (κ1) is 23.9. The molecule has 3 aromatic rings. The number of aliphatic hydroxyl groups is 1. The van der Waals surface area contributed by atoms with Crippen molar-refractivity contribution >= 4 is 22.4 Å². The Morgan fingerprint density at radius 2 is 2.03 bits per heavy atom. The van der Waals surface area contributed by atoms with Crippen LogP contribution in [0.4, 0.5) is 0 Å². The van der Waals surface area contributed by atoms with Crippen LogP contribution in [-0.4, -0.2) is 53.3 Å². The van der Waals surface area contributed by atoms with Gasteiger partial charge >= 0.3 is 0 Å². The Bertz CT molecular complexity index is 1400. The summed E-state index contributed by atoms with van der Waals surface area (Å²) in [6, 6.07) is 9.59. The number of hydrogen-bond acceptors (Lipinski definition) is 7. The smallest absolute Gasteiger partial charge is 0.137 e. The molecule has 1 aliphatic heterocycles. The van der Waals surface area contributed by atoms with E-state index in [2.05, 4.69) is 63.1 Å². The molecular weight excluding hydrogens is 438 g/mol. The third-order valence-corrected chi connectivity index (χ3v) is 6.35. The average Bonchev–Trinajstić information content (AvgIpc) is 3.19. The second-order valence-electron chi connectivity index (χ2n) is 8.36. The number of hydrogen-bond donors (Lipinski definition) is 3. The number of aromatic nitrogens is 2. The Balaban J connectivity index is 1.73. The van der Waals surface area contributed by atoms with Crippen molar-refractivity contribution in [1.29, 1.82) is 0 Å². The molecule has 35 heavy (non-hydrogen) atoms. The Labute approximate surface area is 205 Å². The van der Waals surface area contributed by atoms with Crippen LogP contribution >= 0.6 is 0 Å². The topological polar surface area (TPSA) is 82.5 Å². The molecule has 0 amide bonds. The van der Waals surface area contributed by atoms with Crippen molar-refractivity contribution in [3.8, 4) is 17.6 Å². The summed E-state index contributed by atoms with van der Waals surface area (Å²) in [6.07, 6.45) is 3.39. The molecule has 4 rings (SSSR count). The van der Waals surface area contributed by atoms with E-state index in [4.69, 9.17) is 4.74 Å². The molecule has 0 bridgehead atoms. The third kappa shape index (κ3) is 4.44. The number of pyridine rings is 2. The summed E-state index contributed by atoms with van der Waals surface area (Å²) >= 11 is 0. The predicted octanol–water partition coefficient (Wildman–Crippen LogP) is 3.70. The third-order valence-electron chi connectivity index (χ3n) is 6.35. The van der Waals surface area contributed by atoms with E-state index in [0.717, 1.165) is 28.1 Å². The number of likely N-dealkylation sites (N-methyl/N-ethyl adjacent to an activating group) is 2. The molecule has 0 saturated carbocycles. The lowest BCUT2D eigenvalue weighted by Crippen LogP contribution is -2.53. The van der Waals surface area contributed by atoms with Crippen molar-refractivity contribution in [3.05, 3.63) is 90.5 Å². The van der Waals surface area contributed by atoms with Crippen LogP contribution in [0.5, 0.6) is 5.75 Å². The SMILES string of the molecule is C=C(O)c1ccc2cncc(C#C[C@](CN3Cc4ccc(OC)cc4C3=C)(NC)C(=C)NC)c2n1. The molecule has 0 radical (unpaired) electrons. The minimum atomic E-state index is -0.801. The zero-order valence-corrected chi connectivity index (χ0v) is 20.3. The van der Waals surface area contributed by atoms with Gasteiger partial charge in [0.25, 0.3) is 0 Å². The van der Waals surface area contributed by atoms with Gasteiger partial charge in [-0.2, -0.15) is 0 Å². The van der Waals surface area contributed by atoms with Crippen molar-refractivity contribution in [2.75, 3.05) is 27.7 Å². The van der Waals surface area contributed by atoms with Crippen molar-refractivity contribution in [3.63, 3.8) is 0 Å². The van der Waals surface area contributed by atoms with Gasteiger partial charge in [0.2, 0.25) is 0 Å². The van der Waals surface area contributed by atoms with Crippen LogP contribution in [0.3, 0.4) is 0 Å². The summed E-state index contributed by atoms with van der Waals surface area (Å²) in [5.41, 5.74) is 4.76. The fourth-order valence-electron chi connectivity index (χ4n) is 4.18. The minimum Gasteiger partial charge on any atom is -0.506 e. The van der Waals surface area contributed by atoms with Gasteiger partial charge in [-0.25, -0.2) is 4.98 Å². The Morgan fingerprint density at radius 1 is 1.23 bits per heavy atom. The van der Waals surface area contributed by atoms with Crippen LogP contribution in [0.1, 0.15) is 22.4 Å². The summed E-state index contributed by atoms with van der Waals surface area (Å²) in [6.45, 7) is 13.4. The summed E-state index contributed by atoms with van der Waals surface area (Å²) in [5.74, 6) is 7.36. The highest BCUT2D eigenvalue weighted by molar-refractivity contribution is 5.84. The summed E-state index contributed by atoms with van der Waals surface area (Å²) in [7, 11) is 5.35. The maximum absolute atomic E-state index is 9.81. The maximum atomic E-state index is 9.81. The van der Waals surface area contributed by atoms with E-state index < -0.39 is 5.54 Å². The molecule has 7 heteroatoms. The molecular formula is C28H29N5O2. The molecule has 2 aromatic heterocycles. The lowest BCUT2D eigenvalue weighted by Gasteiger charge is -2.35. The molecule has 7 nitrogen and oxygen atoms in total. The molecule has 0 spiro atoms. The number of nitrogens with one attached hydrogen (secondary N) is 2. The van der Waals surface area contributed by atoms with Crippen LogP contribution < -0.4 is 15.4 Å². The predicted molar refractivity (Wildman–Crippen MR) is 141 cm³/mol. The number of ether oxygens (including phenoxy) is 1. The van der Waals surface area contributed by atoms with E-state index >= 15 is 0 Å². The highest BCUT2D eigenvalue weighted by atomic mass is 16.5. The number of methoxy groups -OCH3 is 1. The zero-order valence-electron chi connectivity index (χ0n) is 20.3. The minimum absolute atomic E-state index is 0.0977. The van der Waals surface area contributed by atoms with Crippen LogP contribution in [0.15, 0.2) is 68.2 Å². The highest BCUT2D eigenvalue weighted by Gasteiger charge is 2.35. The van der Waals surface area contributed by atoms with Gasteiger partial charge in [-0.1, -0.05) is 37.6 Å². The summed E-state index contributed by atoms with van der Waals surface area (Å²) in [5, 5.41) is 17.2. The van der Waals surface area contributed by atoms with Gasteiger partial charge in [0.15, 0.2) is 0 Å². The van der Waals surface area contributed by atoms with Crippen molar-refractivity contribution in [2.45, 2.75) is 12.1 Å². The summed E-state index contributed by atoms with van der Waals surface area (Å²) in [4.78, 5) is 11.0. The first-order chi connectivity index (χ1) is 16.8. The monoisotopic (exact) mass is 467 g/mol. The van der Waals surface area contributed by atoms with Crippen molar-refractivity contribution < 1.29 is 9.84 Å². The van der Waals surface area contributed by atoms with E-state index in [9.17, 15) is 5.11 Å². The molecule has 0 aliphatic carbocycles. The second kappa shape index (κ2) is 9.53. The quantitative estimate of drug-likeness (QED) is 0.361. The largest absolute Gasteiger partial charge is 0.506 e. The van der Waals surface area contributed by atoms with Gasteiger partial charge in [0.1, 0.15) is 22.7 Å². The lowest BCUT2D eigenvalue weighted by molar-refractivity contribution is 0.324. The van der Waals surface area contributed by atoms with Gasteiger partial charge < -0.3 is 20.1 Å².